The first-order valence-corrected chi connectivity index (χ1v) is 6.50. The number of hydrogen-bond acceptors (Lipinski definition) is 6. The Morgan fingerprint density at radius 1 is 1.32 bits per heavy atom. The SMILES string of the molecule is COC(=O)c1cc2c(ncn3nc(-c4ccccn4)nc23)[nH]1. The van der Waals surface area contributed by atoms with Crippen molar-refractivity contribution >= 4 is 22.6 Å². The maximum Gasteiger partial charge on any atom is 0.354 e. The topological polar surface area (TPSA) is 98.1 Å². The summed E-state index contributed by atoms with van der Waals surface area (Å²) in [5.74, 6) is 0.0383. The van der Waals surface area contributed by atoms with E-state index in [2.05, 4.69) is 25.0 Å². The fourth-order valence-corrected chi connectivity index (χ4v) is 2.24. The van der Waals surface area contributed by atoms with Crippen molar-refractivity contribution < 1.29 is 9.53 Å². The van der Waals surface area contributed by atoms with Crippen molar-refractivity contribution in [1.82, 2.24) is 29.5 Å². The Labute approximate surface area is 123 Å². The van der Waals surface area contributed by atoms with Gasteiger partial charge >= 0.3 is 5.97 Å². The molecule has 0 aliphatic rings. The van der Waals surface area contributed by atoms with Gasteiger partial charge in [0.25, 0.3) is 0 Å². The van der Waals surface area contributed by atoms with Crippen molar-refractivity contribution in [1.29, 1.82) is 0 Å². The van der Waals surface area contributed by atoms with Crippen molar-refractivity contribution in [2.45, 2.75) is 0 Å². The number of fused-ring (bicyclic) bond motifs is 3. The third-order valence-electron chi connectivity index (χ3n) is 3.26. The molecule has 4 rings (SSSR count). The van der Waals surface area contributed by atoms with Crippen LogP contribution in [0.15, 0.2) is 36.8 Å². The summed E-state index contributed by atoms with van der Waals surface area (Å²) >= 11 is 0. The van der Waals surface area contributed by atoms with Gasteiger partial charge in [-0.3, -0.25) is 4.98 Å². The fourth-order valence-electron chi connectivity index (χ4n) is 2.24. The first-order chi connectivity index (χ1) is 10.8. The number of nitrogens with one attached hydrogen (secondary N) is 1. The third kappa shape index (κ3) is 1.81. The summed E-state index contributed by atoms with van der Waals surface area (Å²) in [6.07, 6.45) is 3.22. The first-order valence-electron chi connectivity index (χ1n) is 6.50. The Bertz CT molecular complexity index is 989. The van der Waals surface area contributed by atoms with Crippen molar-refractivity contribution in [2.24, 2.45) is 0 Å². The molecule has 0 spiro atoms. The lowest BCUT2D eigenvalue weighted by Gasteiger charge is -1.91. The van der Waals surface area contributed by atoms with E-state index >= 15 is 0 Å². The highest BCUT2D eigenvalue weighted by Crippen LogP contribution is 2.20. The standard InChI is InChI=1S/C14H10N6O2/c1-22-14(21)10-6-8-11(17-10)16-7-20-13(8)18-12(19-20)9-4-2-3-5-15-9/h2-7,17H,1H3. The van der Waals surface area contributed by atoms with Crippen LogP contribution in [-0.2, 0) is 4.74 Å². The Hall–Kier alpha value is -3.29. The molecule has 0 amide bonds. The van der Waals surface area contributed by atoms with Crippen molar-refractivity contribution in [3.8, 4) is 11.5 Å². The highest BCUT2D eigenvalue weighted by molar-refractivity contribution is 5.98. The molecule has 0 aromatic carbocycles. The fraction of sp³-hybridized carbons (Fsp3) is 0.0714. The molecule has 0 bridgehead atoms. The number of aromatic nitrogens is 6. The van der Waals surface area contributed by atoms with Crippen LogP contribution in [0.5, 0.6) is 0 Å². The van der Waals surface area contributed by atoms with Crippen LogP contribution in [0.2, 0.25) is 0 Å². The number of pyridine rings is 1. The molecule has 0 aliphatic carbocycles. The second-order valence-electron chi connectivity index (χ2n) is 4.60. The Morgan fingerprint density at radius 2 is 2.23 bits per heavy atom. The number of hydrogen-bond donors (Lipinski definition) is 1. The average Bonchev–Trinajstić information content (AvgIpc) is 3.18. The van der Waals surface area contributed by atoms with Gasteiger partial charge in [-0.05, 0) is 18.2 Å². The number of H-pyrrole nitrogens is 1. The molecule has 0 saturated carbocycles. The summed E-state index contributed by atoms with van der Waals surface area (Å²) in [5, 5.41) is 5.05. The minimum atomic E-state index is -0.458. The number of nitrogens with zero attached hydrogens (tertiary/aromatic N) is 5. The maximum atomic E-state index is 11.6. The van der Waals surface area contributed by atoms with Gasteiger partial charge in [0.1, 0.15) is 23.4 Å². The summed E-state index contributed by atoms with van der Waals surface area (Å²) in [7, 11) is 1.33. The summed E-state index contributed by atoms with van der Waals surface area (Å²) in [4.78, 5) is 27.5. The predicted octanol–water partition coefficient (Wildman–Crippen LogP) is 1.45. The maximum absolute atomic E-state index is 11.6. The van der Waals surface area contributed by atoms with Crippen LogP contribution in [0.1, 0.15) is 10.5 Å². The van der Waals surface area contributed by atoms with Gasteiger partial charge in [0.15, 0.2) is 5.65 Å². The van der Waals surface area contributed by atoms with E-state index in [0.29, 0.717) is 33.9 Å². The number of ether oxygens (including phenoxy) is 1. The summed E-state index contributed by atoms with van der Waals surface area (Å²) in [6.45, 7) is 0. The number of carbonyl (C=O) groups is 1. The summed E-state index contributed by atoms with van der Waals surface area (Å²) < 4.78 is 6.26. The highest BCUT2D eigenvalue weighted by atomic mass is 16.5. The average molecular weight is 294 g/mol. The number of carbonyl (C=O) groups excluding carboxylic acids is 1. The zero-order valence-electron chi connectivity index (χ0n) is 11.5. The van der Waals surface area contributed by atoms with Crippen LogP contribution in [0.4, 0.5) is 0 Å². The van der Waals surface area contributed by atoms with Gasteiger partial charge in [0, 0.05) is 6.20 Å². The second kappa shape index (κ2) is 4.62. The minimum Gasteiger partial charge on any atom is -0.464 e. The molecule has 0 atom stereocenters. The van der Waals surface area contributed by atoms with Gasteiger partial charge in [0.05, 0.1) is 12.5 Å². The van der Waals surface area contributed by atoms with Crippen LogP contribution >= 0.6 is 0 Å². The Kier molecular flexibility index (Phi) is 2.62. The second-order valence-corrected chi connectivity index (χ2v) is 4.60. The Morgan fingerprint density at radius 3 is 3.00 bits per heavy atom. The van der Waals surface area contributed by atoms with Gasteiger partial charge in [-0.2, -0.15) is 0 Å². The molecule has 0 fully saturated rings. The van der Waals surface area contributed by atoms with Crippen molar-refractivity contribution in [2.75, 3.05) is 7.11 Å². The van der Waals surface area contributed by atoms with E-state index in [4.69, 9.17) is 4.74 Å². The Balaban J connectivity index is 1.94. The van der Waals surface area contributed by atoms with E-state index in [9.17, 15) is 4.79 Å². The van der Waals surface area contributed by atoms with Gasteiger partial charge in [-0.25, -0.2) is 19.3 Å². The van der Waals surface area contributed by atoms with Crippen molar-refractivity contribution in [3.63, 3.8) is 0 Å². The van der Waals surface area contributed by atoms with E-state index < -0.39 is 5.97 Å². The quantitative estimate of drug-likeness (QED) is 0.562. The largest absolute Gasteiger partial charge is 0.464 e. The minimum absolute atomic E-state index is 0.320. The molecule has 0 aliphatic heterocycles. The van der Waals surface area contributed by atoms with Crippen LogP contribution < -0.4 is 0 Å². The number of rotatable bonds is 2. The molecule has 8 nitrogen and oxygen atoms in total. The number of methoxy groups -OCH3 is 1. The zero-order valence-corrected chi connectivity index (χ0v) is 11.5. The number of aromatic amines is 1. The molecular formula is C14H10N6O2. The van der Waals surface area contributed by atoms with Crippen LogP contribution in [-0.4, -0.2) is 42.6 Å². The molecular weight excluding hydrogens is 284 g/mol. The lowest BCUT2D eigenvalue weighted by molar-refractivity contribution is 0.0595. The molecule has 0 unspecified atom stereocenters. The van der Waals surface area contributed by atoms with E-state index in [1.54, 1.807) is 16.8 Å². The molecule has 8 heteroatoms. The molecule has 4 aromatic heterocycles. The summed E-state index contributed by atoms with van der Waals surface area (Å²) in [5.41, 5.74) is 2.13. The van der Waals surface area contributed by atoms with Crippen LogP contribution in [0, 0.1) is 0 Å². The lowest BCUT2D eigenvalue weighted by atomic mass is 10.3. The van der Waals surface area contributed by atoms with Gasteiger partial charge in [0.2, 0.25) is 5.82 Å². The smallest absolute Gasteiger partial charge is 0.354 e. The predicted molar refractivity (Wildman–Crippen MR) is 77.2 cm³/mol. The molecule has 22 heavy (non-hydrogen) atoms. The van der Waals surface area contributed by atoms with Crippen LogP contribution in [0.25, 0.3) is 28.2 Å². The van der Waals surface area contributed by atoms with Crippen molar-refractivity contribution in [3.05, 3.63) is 42.5 Å². The van der Waals surface area contributed by atoms with E-state index in [1.807, 2.05) is 18.2 Å². The van der Waals surface area contributed by atoms with E-state index in [0.717, 1.165) is 0 Å². The van der Waals surface area contributed by atoms with E-state index in [1.165, 1.54) is 13.4 Å². The molecule has 0 saturated heterocycles. The molecule has 4 heterocycles. The first kappa shape index (κ1) is 12.5. The molecule has 1 N–H and O–H groups in total. The third-order valence-corrected chi connectivity index (χ3v) is 3.26. The molecule has 108 valence electrons. The molecule has 0 radical (unpaired) electrons. The molecule has 4 aromatic rings. The normalized spacial score (nSPS) is 11.1. The lowest BCUT2D eigenvalue weighted by Crippen LogP contribution is -2.00. The van der Waals surface area contributed by atoms with Gasteiger partial charge in [-0.1, -0.05) is 6.07 Å². The van der Waals surface area contributed by atoms with Gasteiger partial charge in [-0.15, -0.1) is 5.10 Å². The van der Waals surface area contributed by atoms with Crippen LogP contribution in [0.3, 0.4) is 0 Å². The monoisotopic (exact) mass is 294 g/mol. The highest BCUT2D eigenvalue weighted by Gasteiger charge is 2.15. The summed E-state index contributed by atoms with van der Waals surface area (Å²) in [6, 6.07) is 7.18. The van der Waals surface area contributed by atoms with E-state index in [-0.39, 0.29) is 0 Å². The number of esters is 1. The van der Waals surface area contributed by atoms with Gasteiger partial charge < -0.3 is 9.72 Å². The zero-order chi connectivity index (χ0) is 15.1.